The number of benzene rings is 3. The quantitative estimate of drug-likeness (QED) is 0.309. The van der Waals surface area contributed by atoms with E-state index >= 15 is 0 Å². The van der Waals surface area contributed by atoms with E-state index in [0.29, 0.717) is 17.0 Å². The number of anilines is 1. The highest BCUT2D eigenvalue weighted by Crippen LogP contribution is 2.37. The van der Waals surface area contributed by atoms with Gasteiger partial charge in [0.2, 0.25) is 0 Å². The summed E-state index contributed by atoms with van der Waals surface area (Å²) in [4.78, 5) is 38.6. The molecule has 184 valence electrons. The van der Waals surface area contributed by atoms with E-state index in [1.807, 2.05) is 35.6 Å². The Balaban J connectivity index is 1.72. The third kappa shape index (κ3) is 5.37. The van der Waals surface area contributed by atoms with Crippen LogP contribution in [0.2, 0.25) is 10.0 Å². The molecule has 1 fully saturated rings. The number of urea groups is 1. The second-order valence-corrected chi connectivity index (χ2v) is 8.42. The molecule has 0 aromatic heterocycles. The van der Waals surface area contributed by atoms with Gasteiger partial charge in [-0.1, -0.05) is 53.5 Å². The number of rotatable bonds is 5. The maximum atomic E-state index is 13.2. The first-order valence-electron chi connectivity index (χ1n) is 10.3. The predicted octanol–water partition coefficient (Wildman–Crippen LogP) is 6.26. The Morgan fingerprint density at radius 1 is 0.944 bits per heavy atom. The fraction of sp³-hybridized carbons (Fsp3) is 0.0800. The van der Waals surface area contributed by atoms with E-state index in [4.69, 9.17) is 27.9 Å². The van der Waals surface area contributed by atoms with Crippen molar-refractivity contribution >= 4 is 52.8 Å². The third-order valence-electron chi connectivity index (χ3n) is 5.12. The lowest BCUT2D eigenvalue weighted by molar-refractivity contribution is -0.137. The molecule has 0 saturated carbocycles. The van der Waals surface area contributed by atoms with Crippen LogP contribution >= 0.6 is 23.2 Å². The maximum absolute atomic E-state index is 13.2. The van der Waals surface area contributed by atoms with Gasteiger partial charge in [0, 0.05) is 10.6 Å². The van der Waals surface area contributed by atoms with Crippen LogP contribution in [0.25, 0.3) is 6.08 Å². The first-order chi connectivity index (χ1) is 17.0. The number of halogens is 5. The van der Waals surface area contributed by atoms with Gasteiger partial charge in [-0.05, 0) is 48.0 Å². The smallest absolute Gasteiger partial charge is 0.416 e. The molecule has 4 rings (SSSR count). The summed E-state index contributed by atoms with van der Waals surface area (Å²) in [6, 6.07) is 14.7. The fourth-order valence-corrected chi connectivity index (χ4v) is 3.77. The zero-order valence-electron chi connectivity index (χ0n) is 18.1. The summed E-state index contributed by atoms with van der Waals surface area (Å²) in [6.07, 6.45) is -3.61. The van der Waals surface area contributed by atoms with Crippen molar-refractivity contribution in [3.8, 4) is 5.75 Å². The number of ether oxygens (including phenoxy) is 1. The number of carbonyl (C=O) groups excluding carboxylic acids is 3. The molecular formula is C25H15Cl2F3N2O4. The van der Waals surface area contributed by atoms with Crippen LogP contribution in [0.4, 0.5) is 23.7 Å². The van der Waals surface area contributed by atoms with Crippen LogP contribution in [0.1, 0.15) is 16.7 Å². The van der Waals surface area contributed by atoms with E-state index in [-0.39, 0.29) is 28.0 Å². The molecule has 3 aromatic carbocycles. The number of hydrogen-bond donors (Lipinski definition) is 1. The molecule has 0 unspecified atom stereocenters. The summed E-state index contributed by atoms with van der Waals surface area (Å²) in [5, 5.41) is 1.92. The summed E-state index contributed by atoms with van der Waals surface area (Å²) < 4.78 is 45.5. The highest BCUT2D eigenvalue weighted by molar-refractivity contribution is 6.42. The van der Waals surface area contributed by atoms with E-state index in [9.17, 15) is 27.6 Å². The Bertz CT molecular complexity index is 1390. The molecule has 0 spiro atoms. The zero-order chi connectivity index (χ0) is 26.0. The third-order valence-corrected chi connectivity index (χ3v) is 5.68. The number of nitrogens with one attached hydrogen (secondary N) is 1. The largest absolute Gasteiger partial charge is 0.488 e. The number of carbonyl (C=O) groups is 3. The highest BCUT2D eigenvalue weighted by atomic mass is 35.5. The molecule has 1 aliphatic heterocycles. The normalized spacial score (nSPS) is 15.3. The van der Waals surface area contributed by atoms with Crippen LogP contribution in [-0.4, -0.2) is 17.8 Å². The van der Waals surface area contributed by atoms with E-state index in [1.165, 1.54) is 12.1 Å². The SMILES string of the molecule is O=C1NC(=O)N(c2cc(C(F)(F)F)ccc2Cl)C(=O)/C1=C\c1cc(Cl)ccc1OCc1ccccc1. The molecule has 0 bridgehead atoms. The van der Waals surface area contributed by atoms with Gasteiger partial charge < -0.3 is 4.74 Å². The number of barbiturate groups is 1. The van der Waals surface area contributed by atoms with Crippen LogP contribution in [-0.2, 0) is 22.4 Å². The van der Waals surface area contributed by atoms with Gasteiger partial charge in [0.1, 0.15) is 17.9 Å². The lowest BCUT2D eigenvalue weighted by Gasteiger charge is -2.27. The molecule has 1 aliphatic rings. The van der Waals surface area contributed by atoms with Gasteiger partial charge in [-0.3, -0.25) is 14.9 Å². The first kappa shape index (κ1) is 25.3. The number of amides is 4. The Kier molecular flexibility index (Phi) is 7.05. The van der Waals surface area contributed by atoms with Gasteiger partial charge in [0.05, 0.1) is 16.3 Å². The van der Waals surface area contributed by atoms with Gasteiger partial charge in [0.15, 0.2) is 0 Å². The zero-order valence-corrected chi connectivity index (χ0v) is 19.6. The summed E-state index contributed by atoms with van der Waals surface area (Å²) in [5.74, 6) is -1.94. The molecule has 0 atom stereocenters. The number of imide groups is 2. The molecule has 4 amide bonds. The molecule has 0 radical (unpaired) electrons. The van der Waals surface area contributed by atoms with Crippen molar-refractivity contribution in [2.24, 2.45) is 0 Å². The van der Waals surface area contributed by atoms with Crippen LogP contribution in [0, 0.1) is 0 Å². The Morgan fingerprint density at radius 3 is 2.36 bits per heavy atom. The number of hydrogen-bond acceptors (Lipinski definition) is 4. The number of alkyl halides is 3. The van der Waals surface area contributed by atoms with E-state index < -0.39 is 40.8 Å². The van der Waals surface area contributed by atoms with Crippen LogP contribution in [0.15, 0.2) is 72.3 Å². The van der Waals surface area contributed by atoms with E-state index in [0.717, 1.165) is 17.7 Å². The van der Waals surface area contributed by atoms with Gasteiger partial charge in [-0.25, -0.2) is 9.69 Å². The van der Waals surface area contributed by atoms with Gasteiger partial charge in [0.25, 0.3) is 11.8 Å². The average molecular weight is 535 g/mol. The standard InChI is InChI=1S/C25H15Cl2F3N2O4/c26-17-7-9-21(36-13-14-4-2-1-3-5-14)15(10-17)11-18-22(33)31-24(35)32(23(18)34)20-12-16(25(28,29)30)6-8-19(20)27/h1-12H,13H2,(H,31,33,35)/b18-11-. The molecule has 6 nitrogen and oxygen atoms in total. The molecule has 1 saturated heterocycles. The lowest BCUT2D eigenvalue weighted by Crippen LogP contribution is -2.54. The first-order valence-corrected chi connectivity index (χ1v) is 11.0. The summed E-state index contributed by atoms with van der Waals surface area (Å²) >= 11 is 12.1. The lowest BCUT2D eigenvalue weighted by atomic mass is 10.1. The summed E-state index contributed by atoms with van der Waals surface area (Å²) in [6.45, 7) is 0.170. The summed E-state index contributed by atoms with van der Waals surface area (Å²) in [7, 11) is 0. The Hall–Kier alpha value is -3.82. The van der Waals surface area contributed by atoms with Crippen molar-refractivity contribution in [3.63, 3.8) is 0 Å². The molecular weight excluding hydrogens is 520 g/mol. The summed E-state index contributed by atoms with van der Waals surface area (Å²) in [5.41, 5.74) is -1.10. The fourth-order valence-electron chi connectivity index (χ4n) is 3.39. The monoisotopic (exact) mass is 534 g/mol. The Labute approximate surface area is 212 Å². The maximum Gasteiger partial charge on any atom is 0.416 e. The van der Waals surface area contributed by atoms with Crippen molar-refractivity contribution in [3.05, 3.63) is 99.0 Å². The van der Waals surface area contributed by atoms with Gasteiger partial charge in [-0.15, -0.1) is 0 Å². The minimum Gasteiger partial charge on any atom is -0.488 e. The van der Waals surface area contributed by atoms with Crippen LogP contribution in [0.3, 0.4) is 0 Å². The van der Waals surface area contributed by atoms with Gasteiger partial charge >= 0.3 is 12.2 Å². The second kappa shape index (κ2) is 10.0. The number of nitrogens with zero attached hydrogens (tertiary/aromatic N) is 1. The Morgan fingerprint density at radius 2 is 1.67 bits per heavy atom. The van der Waals surface area contributed by atoms with E-state index in [1.54, 1.807) is 6.07 Å². The van der Waals surface area contributed by atoms with Crippen molar-refractivity contribution in [1.29, 1.82) is 0 Å². The molecule has 1 heterocycles. The van der Waals surface area contributed by atoms with Crippen molar-refractivity contribution in [2.45, 2.75) is 12.8 Å². The molecule has 1 N–H and O–H groups in total. The van der Waals surface area contributed by atoms with Crippen molar-refractivity contribution < 1.29 is 32.3 Å². The average Bonchev–Trinajstić information content (AvgIpc) is 2.82. The second-order valence-electron chi connectivity index (χ2n) is 7.58. The molecule has 0 aliphatic carbocycles. The molecule has 3 aromatic rings. The minimum absolute atomic E-state index is 0.170. The molecule has 11 heteroatoms. The van der Waals surface area contributed by atoms with E-state index in [2.05, 4.69) is 0 Å². The van der Waals surface area contributed by atoms with Crippen molar-refractivity contribution in [2.75, 3.05) is 4.90 Å². The van der Waals surface area contributed by atoms with Crippen LogP contribution in [0.5, 0.6) is 5.75 Å². The minimum atomic E-state index is -4.76. The topological polar surface area (TPSA) is 75.7 Å². The molecule has 36 heavy (non-hydrogen) atoms. The predicted molar refractivity (Wildman–Crippen MR) is 128 cm³/mol. The van der Waals surface area contributed by atoms with Crippen LogP contribution < -0.4 is 15.0 Å². The van der Waals surface area contributed by atoms with Crippen molar-refractivity contribution in [1.82, 2.24) is 5.32 Å². The van der Waals surface area contributed by atoms with Gasteiger partial charge in [-0.2, -0.15) is 13.2 Å². The highest BCUT2D eigenvalue weighted by Gasteiger charge is 2.39.